The maximum Gasteiger partial charge on any atom is 0.243 e. The number of amides is 1. The number of nitrogens with zero attached hydrogens (tertiary/aromatic N) is 1. The van der Waals surface area contributed by atoms with Gasteiger partial charge in [-0.15, -0.1) is 0 Å². The Labute approximate surface area is 216 Å². The smallest absolute Gasteiger partial charge is 0.243 e. The van der Waals surface area contributed by atoms with Crippen LogP contribution in [0.4, 0.5) is 0 Å². The van der Waals surface area contributed by atoms with Gasteiger partial charge in [-0.2, -0.15) is 16.1 Å². The van der Waals surface area contributed by atoms with Crippen LogP contribution in [0.2, 0.25) is 10.0 Å². The summed E-state index contributed by atoms with van der Waals surface area (Å²) in [7, 11) is -2.00. The van der Waals surface area contributed by atoms with Gasteiger partial charge in [0.15, 0.2) is 0 Å². The van der Waals surface area contributed by atoms with Crippen molar-refractivity contribution in [2.45, 2.75) is 42.8 Å². The number of carbonyl (C=O) groups is 1. The lowest BCUT2D eigenvalue weighted by molar-refractivity contribution is -0.120. The van der Waals surface area contributed by atoms with Gasteiger partial charge in [0.1, 0.15) is 5.75 Å². The van der Waals surface area contributed by atoms with E-state index in [0.717, 1.165) is 30.6 Å². The van der Waals surface area contributed by atoms with Gasteiger partial charge in [0, 0.05) is 47.6 Å². The number of aryl methyl sites for hydroxylation is 1. The van der Waals surface area contributed by atoms with Crippen molar-refractivity contribution in [1.82, 2.24) is 9.62 Å². The van der Waals surface area contributed by atoms with E-state index < -0.39 is 10.0 Å². The van der Waals surface area contributed by atoms with Gasteiger partial charge < -0.3 is 10.1 Å². The lowest BCUT2D eigenvalue weighted by Gasteiger charge is -2.26. The van der Waals surface area contributed by atoms with Crippen LogP contribution in [0.25, 0.3) is 0 Å². The van der Waals surface area contributed by atoms with Gasteiger partial charge in [-0.25, -0.2) is 8.42 Å². The zero-order valence-electron chi connectivity index (χ0n) is 19.2. The van der Waals surface area contributed by atoms with Crippen LogP contribution in [0.15, 0.2) is 41.3 Å². The van der Waals surface area contributed by atoms with Gasteiger partial charge in [-0.05, 0) is 60.7 Å². The minimum absolute atomic E-state index is 0.0947. The van der Waals surface area contributed by atoms with Crippen LogP contribution in [-0.2, 0) is 27.0 Å². The second kappa shape index (κ2) is 13.0. The molecule has 0 saturated carbocycles. The van der Waals surface area contributed by atoms with Gasteiger partial charge in [0.2, 0.25) is 15.9 Å². The van der Waals surface area contributed by atoms with Crippen LogP contribution in [-0.4, -0.2) is 51.1 Å². The molecule has 0 unspecified atom stereocenters. The Kier molecular flexibility index (Phi) is 10.4. The molecule has 3 rings (SSSR count). The summed E-state index contributed by atoms with van der Waals surface area (Å²) in [4.78, 5) is 12.6. The fourth-order valence-electron chi connectivity index (χ4n) is 3.81. The van der Waals surface area contributed by atoms with E-state index >= 15 is 0 Å². The first-order valence-corrected chi connectivity index (χ1v) is 14.6. The Balaban J connectivity index is 1.50. The fraction of sp³-hybridized carbons (Fsp3) is 0.458. The number of piperidine rings is 1. The van der Waals surface area contributed by atoms with E-state index in [2.05, 4.69) is 5.32 Å². The number of benzene rings is 2. The van der Waals surface area contributed by atoms with Crippen LogP contribution < -0.4 is 10.1 Å². The van der Waals surface area contributed by atoms with E-state index in [-0.39, 0.29) is 17.2 Å². The van der Waals surface area contributed by atoms with Crippen molar-refractivity contribution in [1.29, 1.82) is 0 Å². The standard InChI is InChI=1S/C24H30Cl2N2O4S2/c1-32-23-10-9-19(34(30,31)28-13-3-2-4-14-28)16-18(23)8-11-24(29)27-12-15-33-17-20-21(25)6-5-7-22(20)26/h5-7,9-10,16H,2-4,8,11-15,17H2,1H3,(H,27,29). The Morgan fingerprint density at radius 3 is 2.50 bits per heavy atom. The SMILES string of the molecule is COc1ccc(S(=O)(=O)N2CCCCC2)cc1CCC(=O)NCCSCc1c(Cl)cccc1Cl. The molecular formula is C24H30Cl2N2O4S2. The zero-order valence-corrected chi connectivity index (χ0v) is 22.3. The highest BCUT2D eigenvalue weighted by Crippen LogP contribution is 2.29. The number of rotatable bonds is 11. The van der Waals surface area contributed by atoms with Crippen molar-refractivity contribution < 1.29 is 17.9 Å². The lowest BCUT2D eigenvalue weighted by atomic mass is 10.1. The van der Waals surface area contributed by atoms with Crippen molar-refractivity contribution in [3.63, 3.8) is 0 Å². The van der Waals surface area contributed by atoms with E-state index in [4.69, 9.17) is 27.9 Å². The molecule has 1 saturated heterocycles. The molecule has 1 amide bonds. The van der Waals surface area contributed by atoms with E-state index in [1.807, 2.05) is 18.2 Å². The summed E-state index contributed by atoms with van der Waals surface area (Å²) in [6, 6.07) is 10.3. The highest BCUT2D eigenvalue weighted by atomic mass is 35.5. The van der Waals surface area contributed by atoms with E-state index in [1.54, 1.807) is 41.4 Å². The van der Waals surface area contributed by atoms with Crippen molar-refractivity contribution in [3.8, 4) is 5.75 Å². The fourth-order valence-corrected chi connectivity index (χ4v) is 6.97. The molecule has 10 heteroatoms. The molecular weight excluding hydrogens is 515 g/mol. The molecule has 0 radical (unpaired) electrons. The van der Waals surface area contributed by atoms with Gasteiger partial charge in [0.25, 0.3) is 0 Å². The van der Waals surface area contributed by atoms with E-state index in [0.29, 0.717) is 53.2 Å². The summed E-state index contributed by atoms with van der Waals surface area (Å²) in [5, 5.41) is 4.19. The van der Waals surface area contributed by atoms with Gasteiger partial charge in [0.05, 0.1) is 12.0 Å². The second-order valence-electron chi connectivity index (χ2n) is 8.04. The van der Waals surface area contributed by atoms with Crippen molar-refractivity contribution in [3.05, 3.63) is 57.6 Å². The number of halogens is 2. The molecule has 0 bridgehead atoms. The minimum atomic E-state index is -3.54. The molecule has 1 fully saturated rings. The number of methoxy groups -OCH3 is 1. The van der Waals surface area contributed by atoms with Gasteiger partial charge in [-0.3, -0.25) is 4.79 Å². The first kappa shape index (κ1) is 27.1. The largest absolute Gasteiger partial charge is 0.496 e. The van der Waals surface area contributed by atoms with E-state index in [9.17, 15) is 13.2 Å². The van der Waals surface area contributed by atoms with Gasteiger partial charge >= 0.3 is 0 Å². The van der Waals surface area contributed by atoms with Crippen LogP contribution in [0.3, 0.4) is 0 Å². The number of hydrogen-bond donors (Lipinski definition) is 1. The molecule has 2 aromatic carbocycles. The summed E-state index contributed by atoms with van der Waals surface area (Å²) in [6.07, 6.45) is 3.45. The Bertz CT molecular complexity index is 1070. The number of nitrogens with one attached hydrogen (secondary N) is 1. The van der Waals surface area contributed by atoms with E-state index in [1.165, 1.54) is 0 Å². The third kappa shape index (κ3) is 7.28. The average Bonchev–Trinajstić information content (AvgIpc) is 2.84. The summed E-state index contributed by atoms with van der Waals surface area (Å²) < 4.78 is 33.0. The van der Waals surface area contributed by atoms with Crippen molar-refractivity contribution in [2.75, 3.05) is 32.5 Å². The van der Waals surface area contributed by atoms with Gasteiger partial charge in [-0.1, -0.05) is 35.7 Å². The number of sulfonamides is 1. The van der Waals surface area contributed by atoms with Crippen molar-refractivity contribution in [2.24, 2.45) is 0 Å². The monoisotopic (exact) mass is 544 g/mol. The Morgan fingerprint density at radius 2 is 1.82 bits per heavy atom. The number of carbonyl (C=O) groups excluding carboxylic acids is 1. The summed E-state index contributed by atoms with van der Waals surface area (Å²) >= 11 is 14.0. The third-order valence-corrected chi connectivity index (χ3v) is 9.29. The Hall–Kier alpha value is -1.45. The molecule has 1 heterocycles. The zero-order chi connectivity index (χ0) is 24.6. The third-order valence-electron chi connectivity index (χ3n) is 5.70. The van der Waals surface area contributed by atoms with Crippen LogP contribution in [0, 0.1) is 0 Å². The highest BCUT2D eigenvalue weighted by molar-refractivity contribution is 7.98. The molecule has 34 heavy (non-hydrogen) atoms. The molecule has 1 N–H and O–H groups in total. The predicted molar refractivity (Wildman–Crippen MR) is 140 cm³/mol. The normalized spacial score (nSPS) is 14.7. The second-order valence-corrected chi connectivity index (χ2v) is 11.9. The van der Waals surface area contributed by atoms with Crippen LogP contribution in [0.5, 0.6) is 5.75 Å². The lowest BCUT2D eigenvalue weighted by Crippen LogP contribution is -2.35. The molecule has 1 aliphatic rings. The summed E-state index contributed by atoms with van der Waals surface area (Å²) in [5.41, 5.74) is 1.60. The molecule has 0 atom stereocenters. The highest BCUT2D eigenvalue weighted by Gasteiger charge is 2.26. The molecule has 6 nitrogen and oxygen atoms in total. The maximum atomic E-state index is 13.0. The van der Waals surface area contributed by atoms with Crippen LogP contribution >= 0.6 is 35.0 Å². The molecule has 0 aliphatic carbocycles. The van der Waals surface area contributed by atoms with Crippen molar-refractivity contribution >= 4 is 50.9 Å². The predicted octanol–water partition coefficient (Wildman–Crippen LogP) is 5.16. The summed E-state index contributed by atoms with van der Waals surface area (Å²) in [6.45, 7) is 1.62. The quantitative estimate of drug-likeness (QED) is 0.395. The number of hydrogen-bond acceptors (Lipinski definition) is 5. The van der Waals surface area contributed by atoms with Crippen LogP contribution in [0.1, 0.15) is 36.8 Å². The first-order valence-electron chi connectivity index (χ1n) is 11.3. The Morgan fingerprint density at radius 1 is 1.12 bits per heavy atom. The number of ether oxygens (including phenoxy) is 1. The maximum absolute atomic E-state index is 13.0. The molecule has 0 spiro atoms. The molecule has 2 aromatic rings. The molecule has 1 aliphatic heterocycles. The average molecular weight is 546 g/mol. The first-order chi connectivity index (χ1) is 16.3. The minimum Gasteiger partial charge on any atom is -0.496 e. The molecule has 186 valence electrons. The molecule has 0 aromatic heterocycles. The summed E-state index contributed by atoms with van der Waals surface area (Å²) in [5.74, 6) is 1.88. The topological polar surface area (TPSA) is 75.7 Å². The number of thioether (sulfide) groups is 1.